The molecule has 0 aliphatic heterocycles. The molecule has 0 aliphatic rings. The van der Waals surface area contributed by atoms with Crippen LogP contribution in [0.4, 0.5) is 0 Å². The minimum atomic E-state index is -0.970. The van der Waals surface area contributed by atoms with Gasteiger partial charge in [0.05, 0.1) is 13.0 Å². The number of hydrogen-bond acceptors (Lipinski definition) is 4. The van der Waals surface area contributed by atoms with Crippen LogP contribution >= 0.6 is 22.7 Å². The van der Waals surface area contributed by atoms with Crippen LogP contribution in [-0.4, -0.2) is 17.0 Å². The molecule has 2 aromatic rings. The summed E-state index contributed by atoms with van der Waals surface area (Å²) < 4.78 is 0. The van der Waals surface area contributed by atoms with Crippen LogP contribution in [0.3, 0.4) is 0 Å². The van der Waals surface area contributed by atoms with Gasteiger partial charge in [-0.15, -0.1) is 22.7 Å². The fourth-order valence-corrected chi connectivity index (χ4v) is 3.06. The highest BCUT2D eigenvalue weighted by Gasteiger charge is 2.05. The van der Waals surface area contributed by atoms with Crippen LogP contribution in [-0.2, 0) is 22.6 Å². The summed E-state index contributed by atoms with van der Waals surface area (Å²) in [6.45, 7) is 0.468. The molecule has 0 spiro atoms. The van der Waals surface area contributed by atoms with Gasteiger partial charge < -0.3 is 10.4 Å². The SMILES string of the molecule is O=C(O)C=Cc1csc(CNC(=O)Cc2cccs2)c1. The average Bonchev–Trinajstić information content (AvgIpc) is 3.05. The largest absolute Gasteiger partial charge is 0.478 e. The second kappa shape index (κ2) is 7.02. The molecule has 1 amide bonds. The lowest BCUT2D eigenvalue weighted by atomic mass is 10.3. The van der Waals surface area contributed by atoms with E-state index in [-0.39, 0.29) is 5.91 Å². The molecule has 2 N–H and O–H groups in total. The van der Waals surface area contributed by atoms with Gasteiger partial charge in [-0.1, -0.05) is 6.07 Å². The van der Waals surface area contributed by atoms with Crippen molar-refractivity contribution in [3.05, 3.63) is 50.4 Å². The molecule has 20 heavy (non-hydrogen) atoms. The van der Waals surface area contributed by atoms with E-state index in [2.05, 4.69) is 5.32 Å². The van der Waals surface area contributed by atoms with E-state index in [1.165, 1.54) is 17.4 Å². The average molecular weight is 307 g/mol. The van der Waals surface area contributed by atoms with Gasteiger partial charge in [-0.05, 0) is 34.5 Å². The lowest BCUT2D eigenvalue weighted by Gasteiger charge is -2.01. The van der Waals surface area contributed by atoms with Crippen molar-refractivity contribution in [1.29, 1.82) is 0 Å². The normalized spacial score (nSPS) is 10.8. The number of carbonyl (C=O) groups is 2. The summed E-state index contributed by atoms with van der Waals surface area (Å²) in [5.41, 5.74) is 0.833. The van der Waals surface area contributed by atoms with Crippen LogP contribution in [0.15, 0.2) is 35.0 Å². The maximum absolute atomic E-state index is 11.7. The molecule has 0 radical (unpaired) electrons. The molecule has 0 saturated carbocycles. The van der Waals surface area contributed by atoms with E-state index in [4.69, 9.17) is 5.11 Å². The highest BCUT2D eigenvalue weighted by Crippen LogP contribution is 2.16. The van der Waals surface area contributed by atoms with E-state index in [1.807, 2.05) is 29.0 Å². The topological polar surface area (TPSA) is 66.4 Å². The van der Waals surface area contributed by atoms with Gasteiger partial charge >= 0.3 is 5.97 Å². The summed E-state index contributed by atoms with van der Waals surface area (Å²) in [6.07, 6.45) is 3.03. The minimum absolute atomic E-state index is 0.0107. The molecule has 0 aliphatic carbocycles. The summed E-state index contributed by atoms with van der Waals surface area (Å²) in [5, 5.41) is 15.2. The number of hydrogen-bond donors (Lipinski definition) is 2. The van der Waals surface area contributed by atoms with Crippen molar-refractivity contribution in [3.63, 3.8) is 0 Å². The number of carboxylic acid groups (broad SMARTS) is 1. The predicted octanol–water partition coefficient (Wildman–Crippen LogP) is 2.77. The maximum Gasteiger partial charge on any atom is 0.328 e. The van der Waals surface area contributed by atoms with Gasteiger partial charge in [0.2, 0.25) is 5.91 Å². The summed E-state index contributed by atoms with van der Waals surface area (Å²) in [4.78, 5) is 24.2. The highest BCUT2D eigenvalue weighted by atomic mass is 32.1. The number of amides is 1. The predicted molar refractivity (Wildman–Crippen MR) is 80.9 cm³/mol. The molecule has 2 heterocycles. The first-order valence-corrected chi connectivity index (χ1v) is 7.67. The van der Waals surface area contributed by atoms with Crippen LogP contribution in [0, 0.1) is 0 Å². The van der Waals surface area contributed by atoms with E-state index in [9.17, 15) is 9.59 Å². The Bertz CT molecular complexity index is 614. The third kappa shape index (κ3) is 4.64. The Morgan fingerprint density at radius 3 is 2.85 bits per heavy atom. The zero-order valence-electron chi connectivity index (χ0n) is 10.5. The third-order valence-electron chi connectivity index (χ3n) is 2.47. The first-order valence-electron chi connectivity index (χ1n) is 5.91. The molecular formula is C14H13NO3S2. The van der Waals surface area contributed by atoms with Crippen molar-refractivity contribution < 1.29 is 14.7 Å². The molecular weight excluding hydrogens is 294 g/mol. The van der Waals surface area contributed by atoms with Gasteiger partial charge in [-0.2, -0.15) is 0 Å². The van der Waals surface area contributed by atoms with Gasteiger partial charge in [-0.25, -0.2) is 4.79 Å². The zero-order chi connectivity index (χ0) is 14.4. The molecule has 6 heteroatoms. The standard InChI is InChI=1S/C14H13NO3S2/c16-13(7-11-2-1-5-19-11)15-8-12-6-10(9-20-12)3-4-14(17)18/h1-6,9H,7-8H2,(H,15,16)(H,17,18). The van der Waals surface area contributed by atoms with Gasteiger partial charge in [0, 0.05) is 15.8 Å². The zero-order valence-corrected chi connectivity index (χ0v) is 12.2. The number of nitrogens with one attached hydrogen (secondary N) is 1. The second-order valence-electron chi connectivity index (χ2n) is 4.05. The first kappa shape index (κ1) is 14.5. The Morgan fingerprint density at radius 2 is 2.15 bits per heavy atom. The fourth-order valence-electron chi connectivity index (χ4n) is 1.56. The number of aliphatic carboxylic acids is 1. The van der Waals surface area contributed by atoms with E-state index < -0.39 is 5.97 Å². The van der Waals surface area contributed by atoms with Gasteiger partial charge in [0.15, 0.2) is 0 Å². The van der Waals surface area contributed by atoms with Crippen molar-refractivity contribution in [2.24, 2.45) is 0 Å². The van der Waals surface area contributed by atoms with E-state index in [0.717, 1.165) is 21.4 Å². The molecule has 2 rings (SSSR count). The molecule has 0 unspecified atom stereocenters. The summed E-state index contributed by atoms with van der Waals surface area (Å²) in [5.74, 6) is -0.981. The number of carbonyl (C=O) groups excluding carboxylic acids is 1. The van der Waals surface area contributed by atoms with E-state index in [0.29, 0.717) is 13.0 Å². The molecule has 0 atom stereocenters. The summed E-state index contributed by atoms with van der Waals surface area (Å²) >= 11 is 3.06. The van der Waals surface area contributed by atoms with Gasteiger partial charge in [-0.3, -0.25) is 4.79 Å². The van der Waals surface area contributed by atoms with E-state index in [1.54, 1.807) is 11.3 Å². The molecule has 104 valence electrons. The smallest absolute Gasteiger partial charge is 0.328 e. The quantitative estimate of drug-likeness (QED) is 0.806. The second-order valence-corrected chi connectivity index (χ2v) is 6.08. The number of carboxylic acids is 1. The Morgan fingerprint density at radius 1 is 1.30 bits per heavy atom. The molecule has 0 fully saturated rings. The van der Waals surface area contributed by atoms with Crippen molar-refractivity contribution in [2.75, 3.05) is 0 Å². The number of thiophene rings is 2. The van der Waals surface area contributed by atoms with Crippen LogP contribution in [0.2, 0.25) is 0 Å². The lowest BCUT2D eigenvalue weighted by molar-refractivity contribution is -0.131. The Hall–Kier alpha value is -1.92. The fraction of sp³-hybridized carbons (Fsp3) is 0.143. The van der Waals surface area contributed by atoms with Crippen molar-refractivity contribution in [2.45, 2.75) is 13.0 Å². The first-order chi connectivity index (χ1) is 9.63. The van der Waals surface area contributed by atoms with Gasteiger partial charge in [0.25, 0.3) is 0 Å². The Kier molecular flexibility index (Phi) is 5.09. The van der Waals surface area contributed by atoms with Crippen molar-refractivity contribution in [1.82, 2.24) is 5.32 Å². The molecule has 2 aromatic heterocycles. The van der Waals surface area contributed by atoms with Crippen LogP contribution < -0.4 is 5.32 Å². The monoisotopic (exact) mass is 307 g/mol. The Labute approximate surface area is 124 Å². The number of rotatable bonds is 6. The van der Waals surface area contributed by atoms with Crippen LogP contribution in [0.25, 0.3) is 6.08 Å². The Balaban J connectivity index is 1.82. The summed E-state index contributed by atoms with van der Waals surface area (Å²) in [6, 6.07) is 5.73. The molecule has 0 saturated heterocycles. The summed E-state index contributed by atoms with van der Waals surface area (Å²) in [7, 11) is 0. The molecule has 4 nitrogen and oxygen atoms in total. The lowest BCUT2D eigenvalue weighted by Crippen LogP contribution is -2.23. The van der Waals surface area contributed by atoms with Crippen LogP contribution in [0.5, 0.6) is 0 Å². The van der Waals surface area contributed by atoms with Crippen LogP contribution in [0.1, 0.15) is 15.3 Å². The molecule has 0 aromatic carbocycles. The molecule has 0 bridgehead atoms. The maximum atomic E-state index is 11.7. The van der Waals surface area contributed by atoms with E-state index >= 15 is 0 Å². The minimum Gasteiger partial charge on any atom is -0.478 e. The van der Waals surface area contributed by atoms with Crippen molar-refractivity contribution >= 4 is 40.6 Å². The van der Waals surface area contributed by atoms with Gasteiger partial charge in [0.1, 0.15) is 0 Å². The third-order valence-corrected chi connectivity index (χ3v) is 4.30. The van der Waals surface area contributed by atoms with Crippen molar-refractivity contribution in [3.8, 4) is 0 Å². The highest BCUT2D eigenvalue weighted by molar-refractivity contribution is 7.10.